The van der Waals surface area contributed by atoms with Crippen LogP contribution in [0.3, 0.4) is 0 Å². The van der Waals surface area contributed by atoms with Crippen LogP contribution in [-0.2, 0) is 6.61 Å². The minimum Gasteiger partial charge on any atom is -0.494 e. The zero-order valence-corrected chi connectivity index (χ0v) is 25.0. The average Bonchev–Trinajstić information content (AvgIpc) is 3.00. The highest BCUT2D eigenvalue weighted by atomic mass is 35.5. The number of allylic oxidation sites excluding steroid dienone is 1. The molecule has 0 aromatic heterocycles. The van der Waals surface area contributed by atoms with E-state index in [1.165, 1.54) is 37.4 Å². The number of ether oxygens (including phenoxy) is 5. The molecule has 1 atom stereocenters. The molecule has 1 aliphatic rings. The van der Waals surface area contributed by atoms with E-state index >= 15 is 0 Å². The number of fused-ring (bicyclic) bond motifs is 1. The van der Waals surface area contributed by atoms with Crippen LogP contribution in [0.5, 0.6) is 28.7 Å². The monoisotopic (exact) mass is 634 g/mol. The molecule has 0 aliphatic carbocycles. The standard InChI is InChI=1S/C33H25Cl2FN2O6/c1-3-41-29-14-19(6-11-27(29)42-17-18-4-7-21(36)8-5-18)30-23-10-9-22(15-28(23)44-32(38)24(30)16-37)43-33(39)20-12-25(34)31(40-2)26(35)13-20/h4-15,30H,3,17,38H2,1-2H3. The molecule has 4 aromatic rings. The first-order valence-corrected chi connectivity index (χ1v) is 14.1. The van der Waals surface area contributed by atoms with Gasteiger partial charge < -0.3 is 29.4 Å². The summed E-state index contributed by atoms with van der Waals surface area (Å²) >= 11 is 12.3. The Balaban J connectivity index is 1.44. The lowest BCUT2D eigenvalue weighted by molar-refractivity contribution is 0.0734. The smallest absolute Gasteiger partial charge is 0.343 e. The van der Waals surface area contributed by atoms with Gasteiger partial charge in [0.1, 0.15) is 35.6 Å². The maximum atomic E-state index is 13.3. The second kappa shape index (κ2) is 13.2. The van der Waals surface area contributed by atoms with E-state index in [1.807, 2.05) is 6.92 Å². The van der Waals surface area contributed by atoms with Gasteiger partial charge in [-0.2, -0.15) is 5.26 Å². The third kappa shape index (κ3) is 6.37. The van der Waals surface area contributed by atoms with E-state index in [2.05, 4.69) is 6.07 Å². The van der Waals surface area contributed by atoms with Crippen molar-refractivity contribution in [1.82, 2.24) is 0 Å². The van der Waals surface area contributed by atoms with E-state index in [-0.39, 0.29) is 51.0 Å². The Morgan fingerprint density at radius 3 is 2.39 bits per heavy atom. The average molecular weight is 635 g/mol. The van der Waals surface area contributed by atoms with Gasteiger partial charge in [-0.05, 0) is 60.5 Å². The minimum atomic E-state index is -0.706. The van der Waals surface area contributed by atoms with Crippen molar-refractivity contribution in [2.45, 2.75) is 19.4 Å². The Bertz CT molecular complexity index is 1780. The van der Waals surface area contributed by atoms with Gasteiger partial charge >= 0.3 is 5.97 Å². The van der Waals surface area contributed by atoms with Gasteiger partial charge in [-0.15, -0.1) is 0 Å². The molecule has 0 bridgehead atoms. The Labute approximate surface area is 262 Å². The number of nitriles is 1. The molecule has 1 unspecified atom stereocenters. The predicted molar refractivity (Wildman–Crippen MR) is 162 cm³/mol. The van der Waals surface area contributed by atoms with E-state index in [0.29, 0.717) is 35.0 Å². The summed E-state index contributed by atoms with van der Waals surface area (Å²) in [6.45, 7) is 2.41. The number of carbonyl (C=O) groups is 1. The van der Waals surface area contributed by atoms with Crippen LogP contribution < -0.4 is 29.4 Å². The summed E-state index contributed by atoms with van der Waals surface area (Å²) in [6, 6.07) is 21.1. The summed E-state index contributed by atoms with van der Waals surface area (Å²) in [6.07, 6.45) is 0. The predicted octanol–water partition coefficient (Wildman–Crippen LogP) is 7.56. The number of methoxy groups -OCH3 is 1. The van der Waals surface area contributed by atoms with Gasteiger partial charge in [0.2, 0.25) is 5.88 Å². The molecule has 1 aliphatic heterocycles. The number of rotatable bonds is 9. The first-order valence-electron chi connectivity index (χ1n) is 13.3. The lowest BCUT2D eigenvalue weighted by atomic mass is 9.83. The fourth-order valence-corrected chi connectivity index (χ4v) is 5.36. The molecule has 0 saturated carbocycles. The highest BCUT2D eigenvalue weighted by molar-refractivity contribution is 6.37. The van der Waals surface area contributed by atoms with Crippen LogP contribution in [0.4, 0.5) is 4.39 Å². The molecule has 0 saturated heterocycles. The number of nitrogens with two attached hydrogens (primary N) is 1. The van der Waals surface area contributed by atoms with Crippen molar-refractivity contribution in [3.8, 4) is 34.8 Å². The molecule has 1 heterocycles. The highest BCUT2D eigenvalue weighted by Gasteiger charge is 2.32. The van der Waals surface area contributed by atoms with Crippen molar-refractivity contribution >= 4 is 29.2 Å². The molecule has 0 spiro atoms. The number of nitrogens with zero attached hydrogens (tertiary/aromatic N) is 1. The Morgan fingerprint density at radius 2 is 1.73 bits per heavy atom. The molecule has 4 aromatic carbocycles. The molecule has 2 N–H and O–H groups in total. The van der Waals surface area contributed by atoms with Gasteiger partial charge in [-0.1, -0.05) is 47.5 Å². The van der Waals surface area contributed by atoms with Crippen molar-refractivity contribution < 1.29 is 32.9 Å². The van der Waals surface area contributed by atoms with Crippen LogP contribution in [-0.4, -0.2) is 19.7 Å². The molecule has 44 heavy (non-hydrogen) atoms. The Kier molecular flexibility index (Phi) is 9.14. The Morgan fingerprint density at radius 1 is 1.00 bits per heavy atom. The number of hydrogen-bond donors (Lipinski definition) is 1. The zero-order chi connectivity index (χ0) is 31.4. The molecule has 0 amide bonds. The fourth-order valence-electron chi connectivity index (χ4n) is 4.71. The normalized spacial score (nSPS) is 13.8. The quantitative estimate of drug-likeness (QED) is 0.148. The summed E-state index contributed by atoms with van der Waals surface area (Å²) in [4.78, 5) is 12.9. The van der Waals surface area contributed by atoms with Crippen LogP contribution in [0.1, 0.15) is 39.9 Å². The second-order valence-corrected chi connectivity index (χ2v) is 10.4. The Hall–Kier alpha value is -4.91. The van der Waals surface area contributed by atoms with Crippen LogP contribution in [0.2, 0.25) is 10.0 Å². The maximum absolute atomic E-state index is 13.3. The summed E-state index contributed by atoms with van der Waals surface area (Å²) < 4.78 is 41.6. The van der Waals surface area contributed by atoms with Gasteiger partial charge in [0.05, 0.1) is 35.2 Å². The lowest BCUT2D eigenvalue weighted by Gasteiger charge is -2.27. The number of benzene rings is 4. The molecule has 224 valence electrons. The molecule has 5 rings (SSSR count). The van der Waals surface area contributed by atoms with Crippen molar-refractivity contribution in [2.24, 2.45) is 5.73 Å². The van der Waals surface area contributed by atoms with E-state index in [9.17, 15) is 14.4 Å². The molecule has 8 nitrogen and oxygen atoms in total. The number of halogens is 3. The zero-order valence-electron chi connectivity index (χ0n) is 23.5. The van der Waals surface area contributed by atoms with E-state index < -0.39 is 11.9 Å². The molecule has 0 radical (unpaired) electrons. The maximum Gasteiger partial charge on any atom is 0.343 e. The van der Waals surface area contributed by atoms with Crippen LogP contribution in [0, 0.1) is 17.1 Å². The molecule has 0 fully saturated rings. The van der Waals surface area contributed by atoms with Gasteiger partial charge in [0.15, 0.2) is 17.2 Å². The highest BCUT2D eigenvalue weighted by Crippen LogP contribution is 2.45. The second-order valence-electron chi connectivity index (χ2n) is 9.54. The molecular formula is C33H25Cl2FN2O6. The first kappa shape index (κ1) is 30.5. The number of esters is 1. The minimum absolute atomic E-state index is 0.0863. The number of hydrogen-bond acceptors (Lipinski definition) is 8. The summed E-state index contributed by atoms with van der Waals surface area (Å²) in [5.74, 6) is -0.0866. The van der Waals surface area contributed by atoms with E-state index in [4.69, 9.17) is 52.6 Å². The largest absolute Gasteiger partial charge is 0.494 e. The third-order valence-electron chi connectivity index (χ3n) is 6.75. The van der Waals surface area contributed by atoms with Crippen LogP contribution >= 0.6 is 23.2 Å². The van der Waals surface area contributed by atoms with E-state index in [1.54, 1.807) is 42.5 Å². The van der Waals surface area contributed by atoms with Crippen molar-refractivity contribution in [3.05, 3.63) is 122 Å². The summed E-state index contributed by atoms with van der Waals surface area (Å²) in [5.41, 5.74) is 8.61. The van der Waals surface area contributed by atoms with Gasteiger partial charge in [-0.25, -0.2) is 9.18 Å². The van der Waals surface area contributed by atoms with Crippen LogP contribution in [0.15, 0.2) is 84.3 Å². The topological polar surface area (TPSA) is 113 Å². The van der Waals surface area contributed by atoms with E-state index in [0.717, 1.165) is 5.56 Å². The molecular weight excluding hydrogens is 610 g/mol. The summed E-state index contributed by atoms with van der Waals surface area (Å²) in [7, 11) is 1.42. The third-order valence-corrected chi connectivity index (χ3v) is 7.31. The van der Waals surface area contributed by atoms with Gasteiger partial charge in [-0.3, -0.25) is 0 Å². The van der Waals surface area contributed by atoms with Crippen molar-refractivity contribution in [2.75, 3.05) is 13.7 Å². The SMILES string of the molecule is CCOc1cc(C2C(C#N)=C(N)Oc3cc(OC(=O)c4cc(Cl)c(OC)c(Cl)c4)ccc32)ccc1OCc1ccc(F)cc1. The lowest BCUT2D eigenvalue weighted by Crippen LogP contribution is -2.21. The fraction of sp³-hybridized carbons (Fsp3) is 0.152. The van der Waals surface area contributed by atoms with Crippen molar-refractivity contribution in [1.29, 1.82) is 5.26 Å². The number of carbonyl (C=O) groups excluding carboxylic acids is 1. The first-order chi connectivity index (χ1) is 21.2. The van der Waals surface area contributed by atoms with Gasteiger partial charge in [0, 0.05) is 11.6 Å². The summed E-state index contributed by atoms with van der Waals surface area (Å²) in [5, 5.41) is 10.3. The molecule has 11 heteroatoms. The van der Waals surface area contributed by atoms with Crippen LogP contribution in [0.25, 0.3) is 0 Å². The van der Waals surface area contributed by atoms with Crippen molar-refractivity contribution in [3.63, 3.8) is 0 Å². The van der Waals surface area contributed by atoms with Gasteiger partial charge in [0.25, 0.3) is 0 Å².